The largest absolute Gasteiger partial charge is 0.310 e. The molecule has 0 aromatic heterocycles. The first kappa shape index (κ1) is 16.5. The molecule has 2 heteroatoms. The molecule has 0 heterocycles. The number of hydrogen-bond acceptors (Lipinski definition) is 1. The molecule has 1 fully saturated rings. The molecule has 21 heavy (non-hydrogen) atoms. The van der Waals surface area contributed by atoms with Gasteiger partial charge in [-0.25, -0.2) is 4.39 Å². The minimum atomic E-state index is -0.126. The third-order valence-corrected chi connectivity index (χ3v) is 5.10. The van der Waals surface area contributed by atoms with Crippen molar-refractivity contribution in [2.75, 3.05) is 6.54 Å². The highest BCUT2D eigenvalue weighted by molar-refractivity contribution is 5.21. The molecule has 1 aromatic rings. The standard InChI is InChI=1S/C19H30FN/c1-5-21-18(15-7-6-8-17(20)13-15)14-9-11-16(12-10-14)19(2,3)4/h6-8,13-14,16,18,21H,5,9-12H2,1-4H3. The lowest BCUT2D eigenvalue weighted by Crippen LogP contribution is -2.33. The lowest BCUT2D eigenvalue weighted by Gasteiger charge is -2.40. The molecular formula is C19H30FN. The lowest BCUT2D eigenvalue weighted by molar-refractivity contribution is 0.133. The number of hydrogen-bond donors (Lipinski definition) is 1. The van der Waals surface area contributed by atoms with Gasteiger partial charge in [0, 0.05) is 6.04 Å². The van der Waals surface area contributed by atoms with E-state index in [4.69, 9.17) is 0 Å². The van der Waals surface area contributed by atoms with E-state index in [1.807, 2.05) is 6.07 Å². The molecule has 2 rings (SSSR count). The van der Waals surface area contributed by atoms with E-state index >= 15 is 0 Å². The SMILES string of the molecule is CCNC(c1cccc(F)c1)C1CCC(C(C)(C)C)CC1. The van der Waals surface area contributed by atoms with Gasteiger partial charge in [-0.2, -0.15) is 0 Å². The molecule has 1 N–H and O–H groups in total. The van der Waals surface area contributed by atoms with Crippen molar-refractivity contribution < 1.29 is 4.39 Å². The fourth-order valence-electron chi connectivity index (χ4n) is 3.80. The molecule has 1 nitrogen and oxygen atoms in total. The van der Waals surface area contributed by atoms with Gasteiger partial charge in [0.2, 0.25) is 0 Å². The Balaban J connectivity index is 2.07. The molecule has 1 aliphatic rings. The minimum absolute atomic E-state index is 0.126. The summed E-state index contributed by atoms with van der Waals surface area (Å²) in [6.45, 7) is 10.1. The predicted molar refractivity (Wildman–Crippen MR) is 87.7 cm³/mol. The second-order valence-corrected chi connectivity index (χ2v) is 7.57. The van der Waals surface area contributed by atoms with Crippen LogP contribution in [0.15, 0.2) is 24.3 Å². The van der Waals surface area contributed by atoms with E-state index in [0.717, 1.165) is 18.0 Å². The van der Waals surface area contributed by atoms with E-state index < -0.39 is 0 Å². The Morgan fingerprint density at radius 2 is 1.86 bits per heavy atom. The van der Waals surface area contributed by atoms with Crippen LogP contribution < -0.4 is 5.32 Å². The van der Waals surface area contributed by atoms with E-state index in [1.54, 1.807) is 6.07 Å². The van der Waals surface area contributed by atoms with Crippen LogP contribution in [0.25, 0.3) is 0 Å². The smallest absolute Gasteiger partial charge is 0.123 e. The highest BCUT2D eigenvalue weighted by Crippen LogP contribution is 2.43. The fourth-order valence-corrected chi connectivity index (χ4v) is 3.80. The molecule has 0 aliphatic heterocycles. The van der Waals surface area contributed by atoms with Gasteiger partial charge >= 0.3 is 0 Å². The predicted octanol–water partition coefficient (Wildman–Crippen LogP) is 5.33. The van der Waals surface area contributed by atoms with Gasteiger partial charge in [0.25, 0.3) is 0 Å². The van der Waals surface area contributed by atoms with Crippen LogP contribution in [-0.4, -0.2) is 6.54 Å². The molecule has 1 aromatic carbocycles. The summed E-state index contributed by atoms with van der Waals surface area (Å²) >= 11 is 0. The number of halogens is 1. The van der Waals surface area contributed by atoms with Gasteiger partial charge in [-0.15, -0.1) is 0 Å². The molecule has 0 spiro atoms. The summed E-state index contributed by atoms with van der Waals surface area (Å²) < 4.78 is 13.5. The van der Waals surface area contributed by atoms with Crippen molar-refractivity contribution in [3.05, 3.63) is 35.6 Å². The molecule has 0 saturated heterocycles. The van der Waals surface area contributed by atoms with Crippen LogP contribution in [0, 0.1) is 23.1 Å². The van der Waals surface area contributed by atoms with Gasteiger partial charge in [0.1, 0.15) is 5.82 Å². The zero-order chi connectivity index (χ0) is 15.5. The topological polar surface area (TPSA) is 12.0 Å². The highest BCUT2D eigenvalue weighted by atomic mass is 19.1. The Morgan fingerprint density at radius 3 is 2.38 bits per heavy atom. The molecule has 0 amide bonds. The Morgan fingerprint density at radius 1 is 1.19 bits per heavy atom. The van der Waals surface area contributed by atoms with E-state index in [0.29, 0.717) is 17.4 Å². The first-order chi connectivity index (χ1) is 9.91. The zero-order valence-electron chi connectivity index (χ0n) is 14.0. The van der Waals surface area contributed by atoms with Crippen LogP contribution in [0.3, 0.4) is 0 Å². The van der Waals surface area contributed by atoms with E-state index in [9.17, 15) is 4.39 Å². The molecule has 0 radical (unpaired) electrons. The van der Waals surface area contributed by atoms with E-state index in [2.05, 4.69) is 39.1 Å². The molecule has 1 unspecified atom stereocenters. The third kappa shape index (κ3) is 4.29. The molecule has 1 atom stereocenters. The van der Waals surface area contributed by atoms with Crippen molar-refractivity contribution in [3.63, 3.8) is 0 Å². The summed E-state index contributed by atoms with van der Waals surface area (Å²) in [6.07, 6.45) is 5.09. The van der Waals surface area contributed by atoms with Crippen molar-refractivity contribution in [2.45, 2.75) is 59.4 Å². The molecule has 0 bridgehead atoms. The third-order valence-electron chi connectivity index (χ3n) is 5.10. The van der Waals surface area contributed by atoms with Crippen molar-refractivity contribution in [2.24, 2.45) is 17.3 Å². The summed E-state index contributed by atoms with van der Waals surface area (Å²) in [6, 6.07) is 7.42. The Hall–Kier alpha value is -0.890. The maximum absolute atomic E-state index is 13.5. The quantitative estimate of drug-likeness (QED) is 0.790. The fraction of sp³-hybridized carbons (Fsp3) is 0.684. The Kier molecular flexibility index (Phi) is 5.43. The number of rotatable bonds is 4. The second kappa shape index (κ2) is 6.91. The average Bonchev–Trinajstić information content (AvgIpc) is 2.44. The highest BCUT2D eigenvalue weighted by Gasteiger charge is 2.33. The summed E-state index contributed by atoms with van der Waals surface area (Å²) in [7, 11) is 0. The van der Waals surface area contributed by atoms with Crippen molar-refractivity contribution in [1.29, 1.82) is 0 Å². The van der Waals surface area contributed by atoms with Crippen molar-refractivity contribution >= 4 is 0 Å². The van der Waals surface area contributed by atoms with Crippen LogP contribution in [-0.2, 0) is 0 Å². The first-order valence-electron chi connectivity index (χ1n) is 8.40. The molecule has 1 aliphatic carbocycles. The molecular weight excluding hydrogens is 261 g/mol. The first-order valence-corrected chi connectivity index (χ1v) is 8.40. The van der Waals surface area contributed by atoms with Gasteiger partial charge < -0.3 is 5.32 Å². The Bertz CT molecular complexity index is 441. The maximum atomic E-state index is 13.5. The normalized spacial score (nSPS) is 24.8. The Labute approximate surface area is 129 Å². The van der Waals surface area contributed by atoms with Crippen molar-refractivity contribution in [1.82, 2.24) is 5.32 Å². The van der Waals surface area contributed by atoms with Crippen LogP contribution in [0.4, 0.5) is 4.39 Å². The summed E-state index contributed by atoms with van der Waals surface area (Å²) in [5, 5.41) is 3.58. The average molecular weight is 291 g/mol. The van der Waals surface area contributed by atoms with Crippen LogP contribution in [0.5, 0.6) is 0 Å². The van der Waals surface area contributed by atoms with Gasteiger partial charge in [-0.1, -0.05) is 39.8 Å². The number of nitrogens with one attached hydrogen (secondary N) is 1. The summed E-state index contributed by atoms with van der Waals surface area (Å²) in [5.74, 6) is 1.33. The van der Waals surface area contributed by atoms with Gasteiger partial charge in [-0.05, 0) is 67.2 Å². The molecule has 118 valence electrons. The summed E-state index contributed by atoms with van der Waals surface area (Å²) in [4.78, 5) is 0. The second-order valence-electron chi connectivity index (χ2n) is 7.57. The van der Waals surface area contributed by atoms with Crippen LogP contribution >= 0.6 is 0 Å². The summed E-state index contributed by atoms with van der Waals surface area (Å²) in [5.41, 5.74) is 1.52. The van der Waals surface area contributed by atoms with Crippen molar-refractivity contribution in [3.8, 4) is 0 Å². The lowest BCUT2D eigenvalue weighted by atomic mass is 9.68. The zero-order valence-corrected chi connectivity index (χ0v) is 14.0. The van der Waals surface area contributed by atoms with Gasteiger partial charge in [-0.3, -0.25) is 0 Å². The monoisotopic (exact) mass is 291 g/mol. The maximum Gasteiger partial charge on any atom is 0.123 e. The van der Waals surface area contributed by atoms with E-state index in [1.165, 1.54) is 31.7 Å². The minimum Gasteiger partial charge on any atom is -0.310 e. The van der Waals surface area contributed by atoms with Crippen LogP contribution in [0.2, 0.25) is 0 Å². The molecule has 1 saturated carbocycles. The van der Waals surface area contributed by atoms with E-state index in [-0.39, 0.29) is 5.82 Å². The van der Waals surface area contributed by atoms with Gasteiger partial charge in [0.05, 0.1) is 0 Å². The number of benzene rings is 1. The van der Waals surface area contributed by atoms with Crippen LogP contribution in [0.1, 0.15) is 65.0 Å². The van der Waals surface area contributed by atoms with Gasteiger partial charge in [0.15, 0.2) is 0 Å².